The van der Waals surface area contributed by atoms with Gasteiger partial charge >= 0.3 is 11.8 Å². The van der Waals surface area contributed by atoms with E-state index in [4.69, 9.17) is 27.8 Å². The summed E-state index contributed by atoms with van der Waals surface area (Å²) in [5, 5.41) is 0.267. The number of anilines is 1. The van der Waals surface area contributed by atoms with Gasteiger partial charge in [-0.3, -0.25) is 14.5 Å². The van der Waals surface area contributed by atoms with Crippen LogP contribution in [0.1, 0.15) is 61.4 Å². The summed E-state index contributed by atoms with van der Waals surface area (Å²) < 4.78 is 66.0. The van der Waals surface area contributed by atoms with Gasteiger partial charge in [-0.1, -0.05) is 42.5 Å². The SMILES string of the molecule is COc1c(N2CCN(Cc3oc(=O)oc3C)C(C)C2)c(F)cc2c(=O)cc(CCOCCOCCOC(=O)C(C)c3ccc(-c4ccccc4)c(F)c3)n(C3CC3)c12. The van der Waals surface area contributed by atoms with Crippen molar-refractivity contribution in [3.63, 3.8) is 0 Å². The summed E-state index contributed by atoms with van der Waals surface area (Å²) >= 11 is 0. The summed E-state index contributed by atoms with van der Waals surface area (Å²) in [6.45, 7) is 8.42. The molecule has 2 aliphatic rings. The van der Waals surface area contributed by atoms with E-state index in [1.165, 1.54) is 19.2 Å². The number of ether oxygens (including phenoxy) is 4. The van der Waals surface area contributed by atoms with Gasteiger partial charge in [0, 0.05) is 55.5 Å². The lowest BCUT2D eigenvalue weighted by molar-refractivity contribution is -0.146. The van der Waals surface area contributed by atoms with Crippen LogP contribution in [0.4, 0.5) is 14.5 Å². The minimum Gasteiger partial charge on any atom is -0.492 e. The molecule has 0 N–H and O–H groups in total. The first-order valence-electron chi connectivity index (χ1n) is 19.7. The zero-order valence-electron chi connectivity index (χ0n) is 33.3. The number of hydrogen-bond donors (Lipinski definition) is 0. The van der Waals surface area contributed by atoms with Crippen molar-refractivity contribution >= 4 is 22.6 Å². The van der Waals surface area contributed by atoms with Crippen molar-refractivity contribution in [2.24, 2.45) is 0 Å². The lowest BCUT2D eigenvalue weighted by atomic mass is 9.97. The Labute approximate surface area is 334 Å². The van der Waals surface area contributed by atoms with Crippen LogP contribution < -0.4 is 20.9 Å². The highest BCUT2D eigenvalue weighted by molar-refractivity contribution is 5.92. The molecule has 2 fully saturated rings. The average Bonchev–Trinajstić information content (AvgIpc) is 4.00. The summed E-state index contributed by atoms with van der Waals surface area (Å²) in [5.74, 6) is -1.53. The number of fused-ring (bicyclic) bond motifs is 1. The number of hydrogen-bond acceptors (Lipinski definition) is 11. The van der Waals surface area contributed by atoms with Crippen LogP contribution in [0.15, 0.2) is 79.1 Å². The lowest BCUT2D eigenvalue weighted by Gasteiger charge is -2.41. The van der Waals surface area contributed by atoms with Gasteiger partial charge < -0.3 is 37.2 Å². The number of methoxy groups -OCH3 is 1. The topological polar surface area (TPSA) is 126 Å². The normalized spacial score (nSPS) is 16.5. The van der Waals surface area contributed by atoms with Crippen molar-refractivity contribution in [1.82, 2.24) is 9.47 Å². The Morgan fingerprint density at radius 1 is 0.914 bits per heavy atom. The van der Waals surface area contributed by atoms with Crippen molar-refractivity contribution in [3.05, 3.63) is 116 Å². The molecule has 2 unspecified atom stereocenters. The minimum absolute atomic E-state index is 0.0219. The van der Waals surface area contributed by atoms with Gasteiger partial charge in [0.25, 0.3) is 0 Å². The molecule has 0 amide bonds. The molecule has 1 saturated heterocycles. The minimum atomic E-state index is -0.732. The van der Waals surface area contributed by atoms with Gasteiger partial charge in [-0.15, -0.1) is 0 Å². The molecule has 0 radical (unpaired) electrons. The van der Waals surface area contributed by atoms with Crippen molar-refractivity contribution in [3.8, 4) is 16.9 Å². The first-order valence-corrected chi connectivity index (χ1v) is 19.7. The van der Waals surface area contributed by atoms with Crippen LogP contribution >= 0.6 is 0 Å². The van der Waals surface area contributed by atoms with E-state index in [1.54, 1.807) is 32.0 Å². The van der Waals surface area contributed by atoms with Crippen LogP contribution in [-0.4, -0.2) is 81.3 Å². The fourth-order valence-electron chi connectivity index (χ4n) is 7.66. The molecule has 3 aromatic carbocycles. The lowest BCUT2D eigenvalue weighted by Crippen LogP contribution is -2.51. The fourth-order valence-corrected chi connectivity index (χ4v) is 7.66. The average molecular weight is 802 g/mol. The third kappa shape index (κ3) is 9.04. The number of carbonyl (C=O) groups is 1. The van der Waals surface area contributed by atoms with E-state index in [1.807, 2.05) is 42.2 Å². The van der Waals surface area contributed by atoms with Crippen LogP contribution in [0.3, 0.4) is 0 Å². The molecular weight excluding hydrogens is 752 g/mol. The maximum Gasteiger partial charge on any atom is 0.519 e. The number of halogens is 2. The van der Waals surface area contributed by atoms with Crippen LogP contribution in [0.2, 0.25) is 0 Å². The maximum atomic E-state index is 16.0. The van der Waals surface area contributed by atoms with Gasteiger partial charge in [-0.2, -0.15) is 0 Å². The summed E-state index contributed by atoms with van der Waals surface area (Å²) in [6.07, 6.45) is 2.30. The quantitative estimate of drug-likeness (QED) is 0.0730. The second kappa shape index (κ2) is 18.1. The molecule has 0 bridgehead atoms. The van der Waals surface area contributed by atoms with E-state index in [9.17, 15) is 18.8 Å². The van der Waals surface area contributed by atoms with E-state index in [2.05, 4.69) is 9.47 Å². The maximum absolute atomic E-state index is 16.0. The molecule has 2 aromatic heterocycles. The Morgan fingerprint density at radius 3 is 2.33 bits per heavy atom. The van der Waals surface area contributed by atoms with Crippen LogP contribution in [0, 0.1) is 18.6 Å². The predicted octanol–water partition coefficient (Wildman–Crippen LogP) is 6.78. The summed E-state index contributed by atoms with van der Waals surface area (Å²) in [6, 6.07) is 17.0. The number of aryl methyl sites for hydroxylation is 1. The highest BCUT2D eigenvalue weighted by Crippen LogP contribution is 2.45. The molecule has 58 heavy (non-hydrogen) atoms. The van der Waals surface area contributed by atoms with Crippen molar-refractivity contribution in [2.45, 2.75) is 64.6 Å². The van der Waals surface area contributed by atoms with Gasteiger partial charge in [0.15, 0.2) is 22.8 Å². The molecule has 14 heteroatoms. The highest BCUT2D eigenvalue weighted by atomic mass is 19.1. The Morgan fingerprint density at radius 2 is 1.66 bits per heavy atom. The highest BCUT2D eigenvalue weighted by Gasteiger charge is 2.34. The molecule has 7 rings (SSSR count). The largest absolute Gasteiger partial charge is 0.519 e. The Bertz CT molecular complexity index is 2350. The summed E-state index contributed by atoms with van der Waals surface area (Å²) in [4.78, 5) is 41.8. The molecule has 308 valence electrons. The van der Waals surface area contributed by atoms with E-state index >= 15 is 4.39 Å². The standard InChI is InChI=1S/C44H49F2N3O9/c1-27-25-48(16-15-47(27)26-39-29(3)57-44(52)58-39)41-37(46)24-35-38(50)23-33(49(32-11-12-32)40(35)42(41)53-4)14-17-54-18-19-55-20-21-56-43(51)28(2)31-10-13-34(36(45)22-31)30-8-6-5-7-9-30/h5-10,13,22-24,27-28,32H,11-12,14-21,25-26H2,1-4H3. The van der Waals surface area contributed by atoms with E-state index < -0.39 is 29.3 Å². The molecule has 0 spiro atoms. The van der Waals surface area contributed by atoms with E-state index in [-0.39, 0.29) is 49.3 Å². The summed E-state index contributed by atoms with van der Waals surface area (Å²) in [7, 11) is 1.51. The summed E-state index contributed by atoms with van der Waals surface area (Å²) in [5.41, 5.74) is 3.15. The smallest absolute Gasteiger partial charge is 0.492 e. The van der Waals surface area contributed by atoms with Gasteiger partial charge in [0.1, 0.15) is 23.9 Å². The second-order valence-electron chi connectivity index (χ2n) is 14.9. The predicted molar refractivity (Wildman–Crippen MR) is 214 cm³/mol. The number of aromatic nitrogens is 1. The molecule has 2 atom stereocenters. The van der Waals surface area contributed by atoms with Crippen LogP contribution in [0.25, 0.3) is 22.0 Å². The Balaban J connectivity index is 0.918. The Kier molecular flexibility index (Phi) is 12.7. The van der Waals surface area contributed by atoms with Gasteiger partial charge in [0.2, 0.25) is 0 Å². The third-order valence-electron chi connectivity index (χ3n) is 11.0. The van der Waals surface area contributed by atoms with Crippen LogP contribution in [0.5, 0.6) is 5.75 Å². The monoisotopic (exact) mass is 801 g/mol. The number of piperazine rings is 1. The molecule has 5 aromatic rings. The van der Waals surface area contributed by atoms with Gasteiger partial charge in [0.05, 0.1) is 56.9 Å². The van der Waals surface area contributed by atoms with E-state index in [0.29, 0.717) is 78.8 Å². The molecule has 3 heterocycles. The zero-order chi connectivity index (χ0) is 40.9. The molecule has 1 aliphatic heterocycles. The van der Waals surface area contributed by atoms with Gasteiger partial charge in [-0.25, -0.2) is 13.6 Å². The molecular formula is C44H49F2N3O9. The first-order chi connectivity index (χ1) is 28.0. The Hall–Kier alpha value is -5.31. The first kappa shape index (κ1) is 40.9. The van der Waals surface area contributed by atoms with Crippen molar-refractivity contribution < 1.29 is 41.4 Å². The van der Waals surface area contributed by atoms with Crippen molar-refractivity contribution in [2.75, 3.05) is 64.7 Å². The molecule has 1 saturated carbocycles. The van der Waals surface area contributed by atoms with Crippen molar-refractivity contribution in [1.29, 1.82) is 0 Å². The van der Waals surface area contributed by atoms with E-state index in [0.717, 1.165) is 24.1 Å². The number of nitrogens with zero attached hydrogens (tertiary/aromatic N) is 3. The number of pyridine rings is 1. The second-order valence-corrected chi connectivity index (χ2v) is 14.9. The van der Waals surface area contributed by atoms with Gasteiger partial charge in [-0.05, 0) is 56.9 Å². The number of esters is 1. The number of benzene rings is 3. The number of carbonyl (C=O) groups excluding carboxylic acids is 1. The zero-order valence-corrected chi connectivity index (χ0v) is 33.3. The molecule has 1 aliphatic carbocycles. The molecule has 12 nitrogen and oxygen atoms in total. The third-order valence-corrected chi connectivity index (χ3v) is 11.0. The number of rotatable bonds is 17. The fraction of sp³-hybridized carbons (Fsp3) is 0.432. The van der Waals surface area contributed by atoms with Crippen LogP contribution in [-0.2, 0) is 32.0 Å².